The van der Waals surface area contributed by atoms with E-state index in [9.17, 15) is 9.59 Å². The van der Waals surface area contributed by atoms with E-state index in [1.807, 2.05) is 20.8 Å². The van der Waals surface area contributed by atoms with Gasteiger partial charge >= 0.3 is 12.1 Å². The first-order valence-electron chi connectivity index (χ1n) is 7.10. The van der Waals surface area contributed by atoms with Crippen molar-refractivity contribution >= 4 is 18.0 Å². The minimum absolute atomic E-state index is 0.167. The van der Waals surface area contributed by atoms with Crippen molar-refractivity contribution in [2.75, 3.05) is 20.3 Å². The summed E-state index contributed by atoms with van der Waals surface area (Å²) < 4.78 is 15.5. The summed E-state index contributed by atoms with van der Waals surface area (Å²) in [5, 5.41) is 0. The van der Waals surface area contributed by atoms with Crippen LogP contribution >= 0.6 is 0 Å². The van der Waals surface area contributed by atoms with Crippen molar-refractivity contribution in [3.63, 3.8) is 0 Å². The van der Waals surface area contributed by atoms with Gasteiger partial charge in [0.2, 0.25) is 5.90 Å². The summed E-state index contributed by atoms with van der Waals surface area (Å²) in [7, 11) is 1.32. The Hall–Kier alpha value is -1.79. The number of aliphatic imine (C=N–C) groups is 1. The van der Waals surface area contributed by atoms with Gasteiger partial charge in [0.1, 0.15) is 18.2 Å². The zero-order chi connectivity index (χ0) is 15.6. The molecule has 7 nitrogen and oxygen atoms in total. The zero-order valence-corrected chi connectivity index (χ0v) is 12.9. The molecule has 0 aromatic heterocycles. The van der Waals surface area contributed by atoms with Crippen molar-refractivity contribution < 1.29 is 23.8 Å². The number of likely N-dealkylation sites (tertiary alicyclic amines) is 1. The Labute approximate surface area is 124 Å². The van der Waals surface area contributed by atoms with E-state index in [2.05, 4.69) is 9.73 Å². The lowest BCUT2D eigenvalue weighted by Crippen LogP contribution is -2.43. The molecule has 2 rings (SSSR count). The Kier molecular flexibility index (Phi) is 4.39. The summed E-state index contributed by atoms with van der Waals surface area (Å²) in [4.78, 5) is 29.5. The molecule has 1 amide bonds. The third-order valence-corrected chi connectivity index (χ3v) is 3.31. The van der Waals surface area contributed by atoms with E-state index in [-0.39, 0.29) is 18.7 Å². The Morgan fingerprint density at radius 1 is 1.38 bits per heavy atom. The van der Waals surface area contributed by atoms with Crippen molar-refractivity contribution in [1.82, 2.24) is 4.90 Å². The van der Waals surface area contributed by atoms with Gasteiger partial charge in [0, 0.05) is 6.54 Å². The van der Waals surface area contributed by atoms with Crippen LogP contribution in [0.1, 0.15) is 33.6 Å². The second-order valence-corrected chi connectivity index (χ2v) is 6.15. The molecule has 0 aromatic carbocycles. The van der Waals surface area contributed by atoms with Crippen LogP contribution in [0.2, 0.25) is 0 Å². The van der Waals surface area contributed by atoms with Gasteiger partial charge in [-0.15, -0.1) is 0 Å². The molecule has 1 fully saturated rings. The van der Waals surface area contributed by atoms with Crippen molar-refractivity contribution in [2.45, 2.75) is 51.3 Å². The fourth-order valence-corrected chi connectivity index (χ4v) is 2.39. The van der Waals surface area contributed by atoms with Crippen molar-refractivity contribution in [1.29, 1.82) is 0 Å². The molecule has 0 N–H and O–H groups in total. The minimum atomic E-state index is -0.633. The monoisotopic (exact) mass is 298 g/mol. The molecule has 7 heteroatoms. The maximum Gasteiger partial charge on any atom is 0.410 e. The highest BCUT2D eigenvalue weighted by molar-refractivity contribution is 5.91. The highest BCUT2D eigenvalue weighted by Crippen LogP contribution is 2.24. The fourth-order valence-electron chi connectivity index (χ4n) is 2.39. The van der Waals surface area contributed by atoms with Crippen LogP contribution < -0.4 is 0 Å². The molecular formula is C14H22N2O5. The van der Waals surface area contributed by atoms with Crippen molar-refractivity contribution in [2.24, 2.45) is 4.99 Å². The molecule has 2 aliphatic rings. The van der Waals surface area contributed by atoms with Gasteiger partial charge in [-0.3, -0.25) is 4.90 Å². The van der Waals surface area contributed by atoms with Crippen LogP contribution in [0.4, 0.5) is 4.79 Å². The average Bonchev–Trinajstić information content (AvgIpc) is 3.03. The average molecular weight is 298 g/mol. The first kappa shape index (κ1) is 15.6. The molecule has 2 atom stereocenters. The van der Waals surface area contributed by atoms with Gasteiger partial charge in [0.05, 0.1) is 7.11 Å². The number of carbonyl (C=O) groups excluding carboxylic acids is 2. The summed E-state index contributed by atoms with van der Waals surface area (Å²) in [6, 6.07) is -0.888. The third kappa shape index (κ3) is 3.65. The predicted octanol–water partition coefficient (Wildman–Crippen LogP) is 1.36. The molecule has 0 aliphatic carbocycles. The van der Waals surface area contributed by atoms with Gasteiger partial charge in [-0.2, -0.15) is 0 Å². The summed E-state index contributed by atoms with van der Waals surface area (Å²) in [5.41, 5.74) is -0.545. The molecular weight excluding hydrogens is 276 g/mol. The molecule has 0 saturated carbocycles. The van der Waals surface area contributed by atoms with Gasteiger partial charge in [0.15, 0.2) is 6.04 Å². The molecule has 0 aromatic rings. The van der Waals surface area contributed by atoms with Crippen molar-refractivity contribution in [3.8, 4) is 0 Å². The number of hydrogen-bond acceptors (Lipinski definition) is 6. The molecule has 1 saturated heterocycles. The van der Waals surface area contributed by atoms with Crippen LogP contribution in [0.25, 0.3) is 0 Å². The standard InChI is InChI=1S/C14H22N2O5/c1-14(2,3)21-13(18)16-7-5-6-10(16)11-15-9(8-20-11)12(17)19-4/h9-10H,5-8H2,1-4H3/t9-,10-/m1/s1. The number of amides is 1. The summed E-state index contributed by atoms with van der Waals surface area (Å²) in [6.07, 6.45) is 1.24. The van der Waals surface area contributed by atoms with E-state index < -0.39 is 17.6 Å². The molecule has 21 heavy (non-hydrogen) atoms. The van der Waals surface area contributed by atoms with Crippen LogP contribution in [-0.2, 0) is 19.0 Å². The predicted molar refractivity (Wildman–Crippen MR) is 75.2 cm³/mol. The van der Waals surface area contributed by atoms with E-state index in [0.29, 0.717) is 12.4 Å². The second kappa shape index (κ2) is 5.91. The largest absolute Gasteiger partial charge is 0.477 e. The highest BCUT2D eigenvalue weighted by Gasteiger charge is 2.39. The van der Waals surface area contributed by atoms with E-state index >= 15 is 0 Å². The van der Waals surface area contributed by atoms with Gasteiger partial charge < -0.3 is 14.2 Å². The van der Waals surface area contributed by atoms with Gasteiger partial charge in [0.25, 0.3) is 0 Å². The third-order valence-electron chi connectivity index (χ3n) is 3.31. The Bertz CT molecular complexity index is 455. The van der Waals surface area contributed by atoms with Gasteiger partial charge in [-0.25, -0.2) is 14.6 Å². The number of rotatable bonds is 2. The van der Waals surface area contributed by atoms with Crippen LogP contribution in [0.3, 0.4) is 0 Å². The molecule has 0 radical (unpaired) electrons. The number of esters is 1. The van der Waals surface area contributed by atoms with E-state index in [0.717, 1.165) is 12.8 Å². The lowest BCUT2D eigenvalue weighted by atomic mass is 10.2. The lowest BCUT2D eigenvalue weighted by Gasteiger charge is -2.28. The van der Waals surface area contributed by atoms with Crippen LogP contribution in [0, 0.1) is 0 Å². The highest BCUT2D eigenvalue weighted by atomic mass is 16.6. The number of methoxy groups -OCH3 is 1. The number of carbonyl (C=O) groups is 2. The fraction of sp³-hybridized carbons (Fsp3) is 0.786. The molecule has 118 valence electrons. The maximum absolute atomic E-state index is 12.2. The van der Waals surface area contributed by atoms with Crippen LogP contribution in [-0.4, -0.2) is 60.8 Å². The van der Waals surface area contributed by atoms with E-state index in [4.69, 9.17) is 9.47 Å². The SMILES string of the molecule is COC(=O)[C@H]1COC([C@H]2CCCN2C(=O)OC(C)(C)C)=N1. The summed E-state index contributed by atoms with van der Waals surface area (Å²) >= 11 is 0. The first-order chi connectivity index (χ1) is 9.81. The minimum Gasteiger partial charge on any atom is -0.477 e. The van der Waals surface area contributed by atoms with Crippen molar-refractivity contribution in [3.05, 3.63) is 0 Å². The summed E-state index contributed by atoms with van der Waals surface area (Å²) in [6.45, 7) is 6.25. The quantitative estimate of drug-likeness (QED) is 0.719. The zero-order valence-electron chi connectivity index (χ0n) is 12.9. The number of ether oxygens (including phenoxy) is 3. The smallest absolute Gasteiger partial charge is 0.410 e. The Balaban J connectivity index is 2.06. The molecule has 2 heterocycles. The Morgan fingerprint density at radius 2 is 2.10 bits per heavy atom. The van der Waals surface area contributed by atoms with E-state index in [1.54, 1.807) is 4.90 Å². The topological polar surface area (TPSA) is 77.4 Å². The number of nitrogens with zero attached hydrogens (tertiary/aromatic N) is 2. The second-order valence-electron chi connectivity index (χ2n) is 6.15. The first-order valence-corrected chi connectivity index (χ1v) is 7.10. The van der Waals surface area contributed by atoms with E-state index in [1.165, 1.54) is 7.11 Å². The molecule has 2 aliphatic heterocycles. The molecule has 0 unspecified atom stereocenters. The summed E-state index contributed by atoms with van der Waals surface area (Å²) in [5.74, 6) is 0.000532. The van der Waals surface area contributed by atoms with Gasteiger partial charge in [-0.05, 0) is 33.6 Å². The van der Waals surface area contributed by atoms with Crippen LogP contribution in [0.15, 0.2) is 4.99 Å². The normalized spacial score (nSPS) is 25.3. The molecule has 0 bridgehead atoms. The lowest BCUT2D eigenvalue weighted by molar-refractivity contribution is -0.142. The molecule has 0 spiro atoms. The maximum atomic E-state index is 12.2. The van der Waals surface area contributed by atoms with Crippen LogP contribution in [0.5, 0.6) is 0 Å². The van der Waals surface area contributed by atoms with Gasteiger partial charge in [-0.1, -0.05) is 0 Å². The Morgan fingerprint density at radius 3 is 2.71 bits per heavy atom. The number of hydrogen-bond donors (Lipinski definition) is 0.